The van der Waals surface area contributed by atoms with E-state index in [1.54, 1.807) is 12.1 Å². The minimum atomic E-state index is -0.573. The van der Waals surface area contributed by atoms with E-state index in [2.05, 4.69) is 15.2 Å². The van der Waals surface area contributed by atoms with E-state index >= 15 is 0 Å². The molecule has 0 fully saturated rings. The molecule has 0 bridgehead atoms. The van der Waals surface area contributed by atoms with Crippen LogP contribution < -0.4 is 0 Å². The third-order valence-corrected chi connectivity index (χ3v) is 3.52. The minimum absolute atomic E-state index is 0.0248. The van der Waals surface area contributed by atoms with Crippen LogP contribution in [0, 0.1) is 5.82 Å². The van der Waals surface area contributed by atoms with Crippen molar-refractivity contribution in [1.82, 2.24) is 15.2 Å². The highest BCUT2D eigenvalue weighted by atomic mass is 35.5. The lowest BCUT2D eigenvalue weighted by Crippen LogP contribution is -1.96. The highest BCUT2D eigenvalue weighted by molar-refractivity contribution is 6.31. The summed E-state index contributed by atoms with van der Waals surface area (Å²) in [4.78, 5) is 15.8. The number of aromatic amines is 1. The summed E-state index contributed by atoms with van der Waals surface area (Å²) in [5.41, 5.74) is 0.784. The van der Waals surface area contributed by atoms with Crippen LogP contribution in [-0.2, 0) is 6.42 Å². The summed E-state index contributed by atoms with van der Waals surface area (Å²) < 4.78 is 18.4. The van der Waals surface area contributed by atoms with E-state index in [-0.39, 0.29) is 28.2 Å². The van der Waals surface area contributed by atoms with Crippen molar-refractivity contribution < 1.29 is 18.7 Å². The highest BCUT2D eigenvalue weighted by Gasteiger charge is 2.16. The number of halogens is 2. The molecule has 6 nitrogen and oxygen atoms in total. The molecule has 0 saturated heterocycles. The number of aliphatic hydroxyl groups is 1. The Balaban J connectivity index is 1.79. The molecule has 0 unspecified atom stereocenters. The van der Waals surface area contributed by atoms with Crippen molar-refractivity contribution in [2.75, 3.05) is 0 Å². The Labute approximate surface area is 140 Å². The number of rotatable bonds is 5. The molecule has 0 saturated carbocycles. The number of carbonyl (C=O) groups excluding carboxylic acids is 1. The predicted octanol–water partition coefficient (Wildman–Crippen LogP) is 3.56. The molecule has 0 amide bonds. The van der Waals surface area contributed by atoms with Gasteiger partial charge in [-0.15, -0.1) is 0 Å². The van der Waals surface area contributed by atoms with Gasteiger partial charge in [0, 0.05) is 18.6 Å². The summed E-state index contributed by atoms with van der Waals surface area (Å²) in [6.07, 6.45) is 2.47. The summed E-state index contributed by atoms with van der Waals surface area (Å²) in [6.45, 7) is 0. The van der Waals surface area contributed by atoms with Crippen LogP contribution in [0.15, 0.2) is 47.2 Å². The normalized spacial score (nSPS) is 11.7. The summed E-state index contributed by atoms with van der Waals surface area (Å²) >= 11 is 6.07. The van der Waals surface area contributed by atoms with E-state index in [4.69, 9.17) is 16.0 Å². The Morgan fingerprint density at radius 1 is 1.38 bits per heavy atom. The second-order valence-corrected chi connectivity index (χ2v) is 5.32. The SMILES string of the molecule is O=C(/C=C(\O)c1ncn[nH]1)c1cc(Cl)c(Cc2ccc(F)cc2)o1. The first-order chi connectivity index (χ1) is 11.5. The van der Waals surface area contributed by atoms with Crippen LogP contribution in [0.3, 0.4) is 0 Å². The maximum absolute atomic E-state index is 12.9. The number of hydrogen-bond donors (Lipinski definition) is 2. The molecule has 2 heterocycles. The zero-order valence-corrected chi connectivity index (χ0v) is 12.9. The second kappa shape index (κ2) is 6.67. The first-order valence-corrected chi connectivity index (χ1v) is 7.24. The lowest BCUT2D eigenvalue weighted by atomic mass is 10.1. The monoisotopic (exact) mass is 347 g/mol. The van der Waals surface area contributed by atoms with Crippen molar-refractivity contribution >= 4 is 23.1 Å². The van der Waals surface area contributed by atoms with Gasteiger partial charge in [0.05, 0.1) is 5.02 Å². The number of allylic oxidation sites excluding steroid dienone is 1. The number of furan rings is 1. The molecule has 3 rings (SSSR count). The van der Waals surface area contributed by atoms with Gasteiger partial charge in [0.15, 0.2) is 17.3 Å². The van der Waals surface area contributed by atoms with Gasteiger partial charge >= 0.3 is 0 Å². The lowest BCUT2D eigenvalue weighted by Gasteiger charge is -1.99. The van der Waals surface area contributed by atoms with Crippen LogP contribution in [-0.4, -0.2) is 26.1 Å². The molecule has 0 aliphatic heterocycles. The van der Waals surface area contributed by atoms with Gasteiger partial charge in [-0.3, -0.25) is 9.89 Å². The van der Waals surface area contributed by atoms with Crippen molar-refractivity contribution in [3.05, 3.63) is 76.5 Å². The quantitative estimate of drug-likeness (QED) is 0.418. The van der Waals surface area contributed by atoms with Gasteiger partial charge in [-0.2, -0.15) is 5.10 Å². The van der Waals surface area contributed by atoms with E-state index in [9.17, 15) is 14.3 Å². The van der Waals surface area contributed by atoms with Gasteiger partial charge in [0.1, 0.15) is 17.9 Å². The molecule has 0 radical (unpaired) electrons. The van der Waals surface area contributed by atoms with Crippen molar-refractivity contribution in [2.24, 2.45) is 0 Å². The van der Waals surface area contributed by atoms with Crippen molar-refractivity contribution in [3.63, 3.8) is 0 Å². The number of nitrogens with one attached hydrogen (secondary N) is 1. The van der Waals surface area contributed by atoms with Crippen LogP contribution >= 0.6 is 11.6 Å². The average molecular weight is 348 g/mol. The van der Waals surface area contributed by atoms with E-state index in [1.165, 1.54) is 24.5 Å². The Morgan fingerprint density at radius 3 is 2.79 bits per heavy atom. The number of hydrogen-bond acceptors (Lipinski definition) is 5. The number of aliphatic hydroxyl groups excluding tert-OH is 1. The molecular formula is C16H11ClFN3O3. The van der Waals surface area contributed by atoms with Gasteiger partial charge in [-0.05, 0) is 17.7 Å². The molecule has 8 heteroatoms. The summed E-state index contributed by atoms with van der Waals surface area (Å²) in [5.74, 6) is -0.871. The molecule has 24 heavy (non-hydrogen) atoms. The Kier molecular flexibility index (Phi) is 4.43. The minimum Gasteiger partial charge on any atom is -0.504 e. The first-order valence-electron chi connectivity index (χ1n) is 6.86. The van der Waals surface area contributed by atoms with Crippen LogP contribution in [0.1, 0.15) is 27.7 Å². The molecule has 0 atom stereocenters. The molecule has 2 aromatic heterocycles. The molecule has 122 valence electrons. The van der Waals surface area contributed by atoms with E-state index in [0.717, 1.165) is 11.6 Å². The fourth-order valence-corrected chi connectivity index (χ4v) is 2.23. The van der Waals surface area contributed by atoms with Gasteiger partial charge in [0.25, 0.3) is 0 Å². The Hall–Kier alpha value is -2.93. The third-order valence-electron chi connectivity index (χ3n) is 3.20. The summed E-state index contributed by atoms with van der Waals surface area (Å²) in [7, 11) is 0. The van der Waals surface area contributed by atoms with Crippen molar-refractivity contribution in [1.29, 1.82) is 0 Å². The molecule has 0 aliphatic carbocycles. The van der Waals surface area contributed by atoms with E-state index < -0.39 is 5.78 Å². The third kappa shape index (κ3) is 3.52. The van der Waals surface area contributed by atoms with E-state index in [0.29, 0.717) is 12.2 Å². The highest BCUT2D eigenvalue weighted by Crippen LogP contribution is 2.25. The molecule has 2 N–H and O–H groups in total. The largest absolute Gasteiger partial charge is 0.504 e. The molecule has 0 aliphatic rings. The first kappa shape index (κ1) is 15.9. The lowest BCUT2D eigenvalue weighted by molar-refractivity contribution is 0.101. The maximum Gasteiger partial charge on any atom is 0.224 e. The zero-order valence-electron chi connectivity index (χ0n) is 12.2. The number of aromatic nitrogens is 3. The number of carbonyl (C=O) groups is 1. The standard InChI is InChI=1S/C16H11ClFN3O3/c17-11-6-15(12(22)7-13(23)16-19-8-20-21-16)24-14(11)5-9-1-3-10(18)4-2-9/h1-4,6-8,23H,5H2,(H,19,20,21)/b13-7-. The number of benzene rings is 1. The van der Waals surface area contributed by atoms with Gasteiger partial charge in [0.2, 0.25) is 5.78 Å². The van der Waals surface area contributed by atoms with Crippen molar-refractivity contribution in [2.45, 2.75) is 6.42 Å². The molecular weight excluding hydrogens is 337 g/mol. The van der Waals surface area contributed by atoms with Crippen LogP contribution in [0.5, 0.6) is 0 Å². The zero-order chi connectivity index (χ0) is 17.1. The van der Waals surface area contributed by atoms with Crippen LogP contribution in [0.2, 0.25) is 5.02 Å². The molecule has 0 spiro atoms. The molecule has 1 aromatic carbocycles. The van der Waals surface area contributed by atoms with Gasteiger partial charge < -0.3 is 9.52 Å². The van der Waals surface area contributed by atoms with Gasteiger partial charge in [-0.25, -0.2) is 9.37 Å². The second-order valence-electron chi connectivity index (χ2n) is 4.91. The van der Waals surface area contributed by atoms with Gasteiger partial charge in [-0.1, -0.05) is 23.7 Å². The summed E-state index contributed by atoms with van der Waals surface area (Å²) in [5, 5.41) is 16.1. The number of ketones is 1. The van der Waals surface area contributed by atoms with Crippen LogP contribution in [0.25, 0.3) is 5.76 Å². The smallest absolute Gasteiger partial charge is 0.224 e. The Bertz CT molecular complexity index is 886. The predicted molar refractivity (Wildman–Crippen MR) is 84.2 cm³/mol. The fourth-order valence-electron chi connectivity index (χ4n) is 2.03. The number of H-pyrrole nitrogens is 1. The fraction of sp³-hybridized carbons (Fsp3) is 0.0625. The summed E-state index contributed by atoms with van der Waals surface area (Å²) in [6, 6.07) is 7.23. The van der Waals surface area contributed by atoms with E-state index in [1.807, 2.05) is 0 Å². The molecule has 3 aromatic rings. The topological polar surface area (TPSA) is 92.0 Å². The van der Waals surface area contributed by atoms with Crippen LogP contribution in [0.4, 0.5) is 4.39 Å². The van der Waals surface area contributed by atoms with Crippen molar-refractivity contribution in [3.8, 4) is 0 Å². The average Bonchev–Trinajstić information content (AvgIpc) is 3.20. The Morgan fingerprint density at radius 2 is 2.12 bits per heavy atom. The maximum atomic E-state index is 12.9. The number of nitrogens with zero attached hydrogens (tertiary/aromatic N) is 2.